The van der Waals surface area contributed by atoms with Crippen LogP contribution < -0.4 is 11.3 Å². The molecular weight excluding hydrogens is 280 g/mol. The molecule has 1 aliphatic carbocycles. The van der Waals surface area contributed by atoms with Crippen molar-refractivity contribution in [2.75, 3.05) is 18.1 Å². The summed E-state index contributed by atoms with van der Waals surface area (Å²) in [4.78, 5) is 0. The minimum Gasteiger partial charge on any atom is -0.375 e. The highest BCUT2D eigenvalue weighted by Crippen LogP contribution is 2.41. The minimum atomic E-state index is 0.171. The maximum absolute atomic E-state index is 6.22. The summed E-state index contributed by atoms with van der Waals surface area (Å²) in [5.41, 5.74) is 4.94. The smallest absolute Gasteiger partial charge is 0.0701 e. The maximum atomic E-state index is 6.22. The van der Waals surface area contributed by atoms with E-state index in [1.54, 1.807) is 5.57 Å². The normalized spacial score (nSPS) is 30.9. The number of hydrogen-bond acceptors (Lipinski definition) is 4. The van der Waals surface area contributed by atoms with E-state index in [0.717, 1.165) is 19.4 Å². The lowest BCUT2D eigenvalue weighted by Crippen LogP contribution is -2.50. The molecule has 0 radical (unpaired) electrons. The van der Waals surface area contributed by atoms with Gasteiger partial charge in [-0.2, -0.15) is 11.8 Å². The molecular formula is C17H30N2OS. The van der Waals surface area contributed by atoms with Gasteiger partial charge in [0, 0.05) is 12.6 Å². The molecule has 0 aromatic heterocycles. The summed E-state index contributed by atoms with van der Waals surface area (Å²) in [7, 11) is 0. The summed E-state index contributed by atoms with van der Waals surface area (Å²) in [5, 5.41) is 0. The average Bonchev–Trinajstić information content (AvgIpc) is 2.54. The van der Waals surface area contributed by atoms with Crippen LogP contribution in [0.2, 0.25) is 0 Å². The highest BCUT2D eigenvalue weighted by Gasteiger charge is 2.40. The Labute approximate surface area is 133 Å². The Morgan fingerprint density at radius 2 is 2.24 bits per heavy atom. The molecule has 2 unspecified atom stereocenters. The standard InChI is InChI=1S/C17H30N2OS/c18-19-16(12-14-4-2-1-3-5-14)15-6-9-20-17(13-15)7-10-21-11-8-17/h4,15-16,19H,1-3,5-13,18H2. The number of rotatable bonds is 4. The first-order valence-corrected chi connectivity index (χ1v) is 9.82. The zero-order valence-electron chi connectivity index (χ0n) is 13.1. The van der Waals surface area contributed by atoms with Crippen LogP contribution in [0, 0.1) is 5.92 Å². The van der Waals surface area contributed by atoms with Gasteiger partial charge in [-0.15, -0.1) is 0 Å². The molecule has 3 aliphatic rings. The lowest BCUT2D eigenvalue weighted by molar-refractivity contribution is -0.107. The quantitative estimate of drug-likeness (QED) is 0.475. The zero-order chi connectivity index (χ0) is 14.5. The summed E-state index contributed by atoms with van der Waals surface area (Å²) in [6.45, 7) is 0.923. The van der Waals surface area contributed by atoms with Crippen molar-refractivity contribution < 1.29 is 4.74 Å². The van der Waals surface area contributed by atoms with Crippen LogP contribution in [-0.4, -0.2) is 29.8 Å². The van der Waals surface area contributed by atoms with Gasteiger partial charge in [0.05, 0.1) is 5.60 Å². The highest BCUT2D eigenvalue weighted by atomic mass is 32.2. The Morgan fingerprint density at radius 1 is 1.38 bits per heavy atom. The number of hydrogen-bond donors (Lipinski definition) is 2. The number of nitrogens with one attached hydrogen (secondary N) is 1. The molecule has 120 valence electrons. The number of thioether (sulfide) groups is 1. The Morgan fingerprint density at radius 3 is 2.95 bits per heavy atom. The second-order valence-corrected chi connectivity index (χ2v) is 8.21. The van der Waals surface area contributed by atoms with Gasteiger partial charge < -0.3 is 4.74 Å². The molecule has 3 N–H and O–H groups in total. The van der Waals surface area contributed by atoms with Crippen molar-refractivity contribution in [2.45, 2.75) is 69.4 Å². The fourth-order valence-electron chi connectivity index (χ4n) is 4.24. The Bertz CT molecular complexity index is 360. The molecule has 21 heavy (non-hydrogen) atoms. The van der Waals surface area contributed by atoms with Crippen molar-refractivity contribution in [2.24, 2.45) is 11.8 Å². The van der Waals surface area contributed by atoms with Crippen molar-refractivity contribution in [3.8, 4) is 0 Å². The first kappa shape index (κ1) is 15.9. The molecule has 0 aromatic carbocycles. The van der Waals surface area contributed by atoms with Crippen molar-refractivity contribution in [3.63, 3.8) is 0 Å². The highest BCUT2D eigenvalue weighted by molar-refractivity contribution is 7.99. The second kappa shape index (κ2) is 7.49. The van der Waals surface area contributed by atoms with Gasteiger partial charge in [-0.1, -0.05) is 11.6 Å². The predicted molar refractivity (Wildman–Crippen MR) is 90.2 cm³/mol. The Balaban J connectivity index is 1.61. The minimum absolute atomic E-state index is 0.171. The number of hydrazine groups is 1. The van der Waals surface area contributed by atoms with E-state index >= 15 is 0 Å². The molecule has 0 amide bonds. The van der Waals surface area contributed by atoms with E-state index < -0.39 is 0 Å². The van der Waals surface area contributed by atoms with Crippen molar-refractivity contribution in [3.05, 3.63) is 11.6 Å². The van der Waals surface area contributed by atoms with Gasteiger partial charge in [-0.3, -0.25) is 11.3 Å². The predicted octanol–water partition coefficient (Wildman–Crippen LogP) is 3.40. The monoisotopic (exact) mass is 310 g/mol. The topological polar surface area (TPSA) is 47.3 Å². The van der Waals surface area contributed by atoms with Gasteiger partial charge in [0.1, 0.15) is 0 Å². The summed E-state index contributed by atoms with van der Waals surface area (Å²) in [6, 6.07) is 0.435. The summed E-state index contributed by atoms with van der Waals surface area (Å²) >= 11 is 2.08. The van der Waals surface area contributed by atoms with Crippen LogP contribution in [0.5, 0.6) is 0 Å². The number of nitrogens with two attached hydrogens (primary N) is 1. The van der Waals surface area contributed by atoms with Gasteiger partial charge in [0.25, 0.3) is 0 Å². The first-order chi connectivity index (χ1) is 10.3. The van der Waals surface area contributed by atoms with Gasteiger partial charge in [-0.25, -0.2) is 0 Å². The van der Waals surface area contributed by atoms with E-state index in [4.69, 9.17) is 10.6 Å². The molecule has 2 atom stereocenters. The van der Waals surface area contributed by atoms with Crippen molar-refractivity contribution in [1.82, 2.24) is 5.43 Å². The van der Waals surface area contributed by atoms with Crippen LogP contribution in [0.25, 0.3) is 0 Å². The summed E-state index contributed by atoms with van der Waals surface area (Å²) in [6.07, 6.45) is 13.7. The van der Waals surface area contributed by atoms with Gasteiger partial charge in [0.2, 0.25) is 0 Å². The van der Waals surface area contributed by atoms with E-state index in [0.29, 0.717) is 12.0 Å². The molecule has 2 heterocycles. The Hall–Kier alpha value is -0.0300. The van der Waals surface area contributed by atoms with Gasteiger partial charge in [0.15, 0.2) is 0 Å². The van der Waals surface area contributed by atoms with Crippen LogP contribution >= 0.6 is 11.8 Å². The third-order valence-corrected chi connectivity index (χ3v) is 6.57. The molecule has 1 spiro atoms. The van der Waals surface area contributed by atoms with Crippen LogP contribution in [-0.2, 0) is 4.74 Å². The molecule has 2 saturated heterocycles. The number of ether oxygens (including phenoxy) is 1. The second-order valence-electron chi connectivity index (χ2n) is 6.98. The van der Waals surface area contributed by atoms with Crippen LogP contribution in [0.3, 0.4) is 0 Å². The molecule has 0 aromatic rings. The summed E-state index contributed by atoms with van der Waals surface area (Å²) in [5.74, 6) is 9.12. The zero-order valence-corrected chi connectivity index (χ0v) is 13.9. The van der Waals surface area contributed by atoms with E-state index in [2.05, 4.69) is 23.3 Å². The van der Waals surface area contributed by atoms with E-state index in [1.165, 1.54) is 56.5 Å². The van der Waals surface area contributed by atoms with Crippen LogP contribution in [0.4, 0.5) is 0 Å². The first-order valence-electron chi connectivity index (χ1n) is 8.67. The molecule has 2 fully saturated rings. The third kappa shape index (κ3) is 4.04. The lowest BCUT2D eigenvalue weighted by Gasteiger charge is -2.45. The fourth-order valence-corrected chi connectivity index (χ4v) is 5.47. The van der Waals surface area contributed by atoms with Gasteiger partial charge >= 0.3 is 0 Å². The lowest BCUT2D eigenvalue weighted by atomic mass is 9.77. The van der Waals surface area contributed by atoms with Gasteiger partial charge in [-0.05, 0) is 75.2 Å². The van der Waals surface area contributed by atoms with Crippen molar-refractivity contribution in [1.29, 1.82) is 0 Å². The van der Waals surface area contributed by atoms with Crippen molar-refractivity contribution >= 4 is 11.8 Å². The molecule has 2 aliphatic heterocycles. The maximum Gasteiger partial charge on any atom is 0.0701 e. The SMILES string of the molecule is NNC(CC1=CCCCC1)C1CCOC2(CCSCC2)C1. The van der Waals surface area contributed by atoms with E-state index in [1.807, 2.05) is 0 Å². The summed E-state index contributed by atoms with van der Waals surface area (Å²) < 4.78 is 6.22. The molecule has 3 nitrogen and oxygen atoms in total. The average molecular weight is 311 g/mol. The number of allylic oxidation sites excluding steroid dienone is 1. The fraction of sp³-hybridized carbons (Fsp3) is 0.882. The molecule has 3 rings (SSSR count). The molecule has 4 heteroatoms. The molecule has 0 bridgehead atoms. The molecule has 0 saturated carbocycles. The van der Waals surface area contributed by atoms with Crippen LogP contribution in [0.15, 0.2) is 11.6 Å². The largest absolute Gasteiger partial charge is 0.375 e. The third-order valence-electron chi connectivity index (χ3n) is 5.59. The van der Waals surface area contributed by atoms with E-state index in [9.17, 15) is 0 Å². The van der Waals surface area contributed by atoms with Crippen LogP contribution in [0.1, 0.15) is 57.8 Å². The Kier molecular flexibility index (Phi) is 5.66. The van der Waals surface area contributed by atoms with E-state index in [-0.39, 0.29) is 5.60 Å².